The van der Waals surface area contributed by atoms with E-state index in [2.05, 4.69) is 10.6 Å². The minimum absolute atomic E-state index is 0.00402. The molecule has 348 valence electrons. The van der Waals surface area contributed by atoms with Gasteiger partial charge < -0.3 is 46.2 Å². The maximum Gasteiger partial charge on any atom is 0.283 e. The zero-order valence-electron chi connectivity index (χ0n) is 35.8. The van der Waals surface area contributed by atoms with Gasteiger partial charge in [0.1, 0.15) is 22.8 Å². The zero-order valence-corrected chi connectivity index (χ0v) is 36.6. The van der Waals surface area contributed by atoms with Crippen molar-refractivity contribution in [2.24, 2.45) is 0 Å². The van der Waals surface area contributed by atoms with Gasteiger partial charge in [-0.3, -0.25) is 38.4 Å². The molecule has 1 aromatic carbocycles. The van der Waals surface area contributed by atoms with E-state index in [1.54, 1.807) is 6.92 Å². The van der Waals surface area contributed by atoms with Gasteiger partial charge in [0.05, 0.1) is 4.99 Å². The molecule has 66 heavy (non-hydrogen) atoms. The Morgan fingerprint density at radius 2 is 0.864 bits per heavy atom. The van der Waals surface area contributed by atoms with Crippen LogP contribution in [0.4, 0.5) is 5.69 Å². The van der Waals surface area contributed by atoms with Crippen LogP contribution in [0.3, 0.4) is 0 Å². The van der Waals surface area contributed by atoms with Gasteiger partial charge in [-0.25, -0.2) is 0 Å². The van der Waals surface area contributed by atoms with Gasteiger partial charge in [0.2, 0.25) is 0 Å². The number of nitrogens with one attached hydrogen (secondary N) is 2. The quantitative estimate of drug-likeness (QED) is 0.0349. The Bertz CT molecular complexity index is 2800. The lowest BCUT2D eigenvalue weighted by atomic mass is 10.1. The molecule has 5 rings (SSSR count). The second-order valence-corrected chi connectivity index (χ2v) is 15.5. The molecule has 0 spiro atoms. The molecule has 0 bridgehead atoms. The molecule has 0 aliphatic carbocycles. The summed E-state index contributed by atoms with van der Waals surface area (Å²) in [5.74, 6) is -2.84. The Morgan fingerprint density at radius 1 is 0.500 bits per heavy atom. The first-order chi connectivity index (χ1) is 31.6. The average Bonchev–Trinajstić information content (AvgIpc) is 3.29. The van der Waals surface area contributed by atoms with Crippen molar-refractivity contribution in [3.8, 4) is 0 Å². The van der Waals surface area contributed by atoms with Crippen molar-refractivity contribution in [2.45, 2.75) is 39.0 Å². The van der Waals surface area contributed by atoms with Gasteiger partial charge in [-0.1, -0.05) is 48.6 Å². The highest BCUT2D eigenvalue weighted by molar-refractivity contribution is 7.80. The van der Waals surface area contributed by atoms with Crippen molar-refractivity contribution < 1.29 is 40.0 Å². The first-order valence-electron chi connectivity index (χ1n) is 20.7. The van der Waals surface area contributed by atoms with E-state index in [4.69, 9.17) is 12.2 Å². The number of nitrogens with zero attached hydrogens (tertiary/aromatic N) is 7. The van der Waals surface area contributed by atoms with Crippen molar-refractivity contribution in [1.82, 2.24) is 38.9 Å². The van der Waals surface area contributed by atoms with Gasteiger partial charge in [-0.15, -0.1) is 18.9 Å². The molecular formula is C44H49N9O12S. The number of thiocarbonyl (C=S) groups is 1. The van der Waals surface area contributed by atoms with Crippen LogP contribution in [0.1, 0.15) is 80.1 Å². The summed E-state index contributed by atoms with van der Waals surface area (Å²) < 4.78 is 0.896. The summed E-state index contributed by atoms with van der Waals surface area (Å²) in [6.07, 6.45) is 1.19. The third-order valence-corrected chi connectivity index (χ3v) is 10.4. The van der Waals surface area contributed by atoms with Gasteiger partial charge in [0.15, 0.2) is 0 Å². The van der Waals surface area contributed by atoms with Crippen molar-refractivity contribution >= 4 is 46.5 Å². The minimum atomic E-state index is -0.847. The number of hydrogen-bond donors (Lipinski definition) is 6. The first kappa shape index (κ1) is 49.0. The van der Waals surface area contributed by atoms with Crippen molar-refractivity contribution in [2.75, 3.05) is 51.1 Å². The number of rotatable bonds is 21. The van der Waals surface area contributed by atoms with E-state index in [9.17, 15) is 59.2 Å². The Kier molecular flexibility index (Phi) is 17.1. The number of carbonyl (C=O) groups is 4. The van der Waals surface area contributed by atoms with Crippen molar-refractivity contribution in [1.29, 1.82) is 0 Å². The molecule has 6 N–H and O–H groups in total. The van der Waals surface area contributed by atoms with Crippen LogP contribution < -0.4 is 32.9 Å². The van der Waals surface area contributed by atoms with Gasteiger partial charge in [0.25, 0.3) is 45.9 Å². The van der Waals surface area contributed by atoms with Crippen LogP contribution in [-0.2, 0) is 6.42 Å². The van der Waals surface area contributed by atoms with E-state index in [1.165, 1.54) is 63.2 Å². The van der Waals surface area contributed by atoms with Crippen LogP contribution in [0.5, 0.6) is 0 Å². The summed E-state index contributed by atoms with van der Waals surface area (Å²) in [6.45, 7) is 1.99. The Hall–Kier alpha value is -8.01. The largest absolute Gasteiger partial charge is 0.425 e. The monoisotopic (exact) mass is 927 g/mol. The highest BCUT2D eigenvalue weighted by Gasteiger charge is 2.24. The molecule has 0 saturated carbocycles. The van der Waals surface area contributed by atoms with Crippen LogP contribution in [-0.4, -0.2) is 129 Å². The van der Waals surface area contributed by atoms with Gasteiger partial charge >= 0.3 is 0 Å². The molecule has 0 saturated heterocycles. The van der Waals surface area contributed by atoms with Gasteiger partial charge in [0, 0.05) is 75.8 Å². The summed E-state index contributed by atoms with van der Waals surface area (Å²) >= 11 is 5.11. The summed E-state index contributed by atoms with van der Waals surface area (Å²) in [5.41, 5.74) is -2.90. The summed E-state index contributed by atoms with van der Waals surface area (Å²) in [6, 6.07) is 22.0. The van der Waals surface area contributed by atoms with E-state index >= 15 is 0 Å². The molecule has 4 aromatic heterocycles. The predicted molar refractivity (Wildman–Crippen MR) is 242 cm³/mol. The molecule has 21 nitrogen and oxygen atoms in total. The number of carbonyl (C=O) groups excluding carboxylic acids is 4. The topological polar surface area (TPSA) is 271 Å². The van der Waals surface area contributed by atoms with E-state index in [0.29, 0.717) is 11.4 Å². The number of anilines is 1. The van der Waals surface area contributed by atoms with Crippen molar-refractivity contribution in [3.63, 3.8) is 0 Å². The lowest BCUT2D eigenvalue weighted by Gasteiger charge is -2.27. The first-order valence-corrected chi connectivity index (χ1v) is 21.2. The van der Waals surface area contributed by atoms with Crippen LogP contribution in [0.2, 0.25) is 0 Å². The molecule has 0 unspecified atom stereocenters. The molecule has 4 amide bonds. The molecule has 0 radical (unpaired) electrons. The number of benzene rings is 1. The molecule has 0 atom stereocenters. The third-order valence-electron chi connectivity index (χ3n) is 10.3. The van der Waals surface area contributed by atoms with Crippen molar-refractivity contribution in [3.05, 3.63) is 167 Å². The number of hydrogen-bond acceptors (Lipinski definition) is 13. The predicted octanol–water partition coefficient (Wildman–Crippen LogP) is 2.00. The smallest absolute Gasteiger partial charge is 0.283 e. The number of amides is 4. The van der Waals surface area contributed by atoms with Gasteiger partial charge in [-0.2, -0.15) is 0 Å². The maximum absolute atomic E-state index is 13.9. The normalized spacial score (nSPS) is 10.8. The Labute approximate surface area is 381 Å². The highest BCUT2D eigenvalue weighted by atomic mass is 32.1. The molecule has 0 aliphatic heterocycles. The molecule has 4 heterocycles. The SMILES string of the molecule is CC(=S)Nc1ccc(CCN(CCCN(CCCCN(CCCNC(=O)c2cccc(=O)n2O)C(=O)c2cccc(=O)n2O)C(=O)c2cccc(=O)n2O)C(=O)c2cccc(=O)n2O)cc1. The average molecular weight is 928 g/mol. The Morgan fingerprint density at radius 3 is 1.29 bits per heavy atom. The van der Waals surface area contributed by atoms with Crippen LogP contribution in [0.15, 0.2) is 116 Å². The van der Waals surface area contributed by atoms with E-state index in [0.717, 1.165) is 35.5 Å². The maximum atomic E-state index is 13.9. The fourth-order valence-corrected chi connectivity index (χ4v) is 6.97. The fraction of sp³-hybridized carbons (Fsp3) is 0.295. The van der Waals surface area contributed by atoms with Crippen LogP contribution in [0, 0.1) is 0 Å². The lowest BCUT2D eigenvalue weighted by Crippen LogP contribution is -2.41. The second-order valence-electron chi connectivity index (χ2n) is 14.9. The summed E-state index contributed by atoms with van der Waals surface area (Å²) in [5, 5.41) is 46.9. The standard InChI is InChI=1S/C44H49N9O12S/c1-30(66)46-32-20-18-31(19-21-32)22-29-49(44(61)36-13-7-17-40(57)53(36)65)28-9-27-48(43(60)35-12-6-16-39(56)52(35)64)25-3-2-24-47(42(59)34-11-5-15-38(55)51(34)63)26-8-23-45-41(58)33-10-4-14-37(54)50(33)62/h4-7,10-21,62-65H,2-3,8-9,22-29H2,1H3,(H,45,58)(H,46,66). The highest BCUT2D eigenvalue weighted by Crippen LogP contribution is 2.14. The van der Waals surface area contributed by atoms with Gasteiger partial charge in [-0.05, 0) is 81.0 Å². The molecule has 0 aliphatic rings. The second kappa shape index (κ2) is 23.1. The zero-order chi connectivity index (χ0) is 47.9. The molecular weight excluding hydrogens is 879 g/mol. The number of aromatic nitrogens is 4. The summed E-state index contributed by atoms with van der Waals surface area (Å²) in [4.78, 5) is 107. The summed E-state index contributed by atoms with van der Waals surface area (Å²) in [7, 11) is 0. The molecule has 22 heteroatoms. The fourth-order valence-electron chi connectivity index (χ4n) is 6.86. The number of unbranched alkanes of at least 4 members (excludes halogenated alkanes) is 1. The van der Waals surface area contributed by atoms with E-state index in [-0.39, 0.29) is 113 Å². The van der Waals surface area contributed by atoms with Crippen LogP contribution in [0.25, 0.3) is 0 Å². The third kappa shape index (κ3) is 12.8. The lowest BCUT2D eigenvalue weighted by molar-refractivity contribution is 0.0637. The molecule has 5 aromatic rings. The van der Waals surface area contributed by atoms with Crippen LogP contribution >= 0.6 is 12.2 Å². The Balaban J connectivity index is 1.30. The van der Waals surface area contributed by atoms with E-state index < -0.39 is 45.9 Å². The molecule has 0 fully saturated rings. The minimum Gasteiger partial charge on any atom is -0.425 e. The van der Waals surface area contributed by atoms with E-state index in [1.807, 2.05) is 24.3 Å². The number of pyridine rings is 4.